The predicted octanol–water partition coefficient (Wildman–Crippen LogP) is 1.31. The monoisotopic (exact) mass is 253 g/mol. The van der Waals surface area contributed by atoms with Crippen LogP contribution in [-0.2, 0) is 6.54 Å². The highest BCUT2D eigenvalue weighted by Crippen LogP contribution is 2.12. The van der Waals surface area contributed by atoms with E-state index in [9.17, 15) is 5.11 Å². The Balaban J connectivity index is 2.49. The van der Waals surface area contributed by atoms with Gasteiger partial charge in [-0.15, -0.1) is 0 Å². The highest BCUT2D eigenvalue weighted by Gasteiger charge is 2.16. The van der Waals surface area contributed by atoms with Crippen molar-refractivity contribution in [3.63, 3.8) is 0 Å². The van der Waals surface area contributed by atoms with Crippen LogP contribution in [0.3, 0.4) is 0 Å². The number of hydrogen-bond donors (Lipinski definition) is 3. The molecule has 1 rings (SSSR count). The van der Waals surface area contributed by atoms with E-state index in [1.54, 1.807) is 7.11 Å². The molecule has 0 aliphatic carbocycles. The fraction of sp³-hybridized carbons (Fsp3) is 0.571. The number of ether oxygens (including phenoxy) is 1. The van der Waals surface area contributed by atoms with E-state index in [0.29, 0.717) is 6.54 Å². The molecule has 0 radical (unpaired) electrons. The quantitative estimate of drug-likeness (QED) is 0.653. The van der Waals surface area contributed by atoms with Gasteiger partial charge >= 0.3 is 0 Å². The highest BCUT2D eigenvalue weighted by molar-refractivity contribution is 5.27. The second kappa shape index (κ2) is 8.08. The molecule has 0 aliphatic rings. The third kappa shape index (κ3) is 4.64. The first-order chi connectivity index (χ1) is 8.71. The molecule has 3 N–H and O–H groups in total. The molecule has 4 nitrogen and oxygen atoms in total. The second-order valence-corrected chi connectivity index (χ2v) is 4.37. The molecule has 0 heterocycles. The van der Waals surface area contributed by atoms with E-state index in [1.807, 2.05) is 24.3 Å². The van der Waals surface area contributed by atoms with Gasteiger partial charge in [0, 0.05) is 12.6 Å². The highest BCUT2D eigenvalue weighted by atomic mass is 16.5. The Kier molecular flexibility index (Phi) is 6.72. The molecule has 2 atom stereocenters. The standard InChI is InChI=1S/C14H23NO3/c1-3-4-13(14(17)10-16)15-9-11-5-7-12(18-2)8-6-11/h5-8,13-17H,3-4,9-10H2,1-2H3/t13-,14+/m1/s1. The first-order valence-corrected chi connectivity index (χ1v) is 6.36. The third-order valence-electron chi connectivity index (χ3n) is 2.98. The van der Waals surface area contributed by atoms with Gasteiger partial charge in [0.15, 0.2) is 0 Å². The topological polar surface area (TPSA) is 61.7 Å². The molecule has 1 aromatic carbocycles. The van der Waals surface area contributed by atoms with Crippen molar-refractivity contribution < 1.29 is 14.9 Å². The molecule has 102 valence electrons. The van der Waals surface area contributed by atoms with Crippen LogP contribution in [0.4, 0.5) is 0 Å². The van der Waals surface area contributed by atoms with Gasteiger partial charge in [-0.25, -0.2) is 0 Å². The van der Waals surface area contributed by atoms with Gasteiger partial charge < -0.3 is 20.3 Å². The van der Waals surface area contributed by atoms with E-state index in [-0.39, 0.29) is 12.6 Å². The van der Waals surface area contributed by atoms with Gasteiger partial charge in [0.05, 0.1) is 19.8 Å². The fourth-order valence-corrected chi connectivity index (χ4v) is 1.86. The SMILES string of the molecule is CCC[C@@H](NCc1ccc(OC)cc1)[C@@H](O)CO. The van der Waals surface area contributed by atoms with E-state index >= 15 is 0 Å². The van der Waals surface area contributed by atoms with Gasteiger partial charge in [-0.2, -0.15) is 0 Å². The molecule has 0 aliphatic heterocycles. The minimum atomic E-state index is -0.705. The maximum absolute atomic E-state index is 9.68. The molecule has 18 heavy (non-hydrogen) atoms. The summed E-state index contributed by atoms with van der Waals surface area (Å²) in [5.74, 6) is 0.833. The molecule has 1 aromatic rings. The average Bonchev–Trinajstić information content (AvgIpc) is 2.43. The number of aliphatic hydroxyl groups is 2. The number of nitrogens with one attached hydrogen (secondary N) is 1. The minimum Gasteiger partial charge on any atom is -0.497 e. The van der Waals surface area contributed by atoms with Crippen LogP contribution >= 0.6 is 0 Å². The first-order valence-electron chi connectivity index (χ1n) is 6.36. The van der Waals surface area contributed by atoms with Crippen molar-refractivity contribution in [2.45, 2.75) is 38.5 Å². The molecule has 0 saturated heterocycles. The summed E-state index contributed by atoms with van der Waals surface area (Å²) in [6.45, 7) is 2.53. The lowest BCUT2D eigenvalue weighted by Gasteiger charge is -2.22. The molecule has 0 aromatic heterocycles. The zero-order valence-corrected chi connectivity index (χ0v) is 11.1. The fourth-order valence-electron chi connectivity index (χ4n) is 1.86. The number of aliphatic hydroxyl groups excluding tert-OH is 2. The summed E-state index contributed by atoms with van der Waals surface area (Å²) in [5.41, 5.74) is 1.13. The van der Waals surface area contributed by atoms with Crippen molar-refractivity contribution >= 4 is 0 Å². The van der Waals surface area contributed by atoms with Crippen LogP contribution in [0.25, 0.3) is 0 Å². The van der Waals surface area contributed by atoms with Crippen molar-refractivity contribution in [3.05, 3.63) is 29.8 Å². The normalized spacial score (nSPS) is 14.2. The first kappa shape index (κ1) is 15.0. The van der Waals surface area contributed by atoms with Crippen LogP contribution in [-0.4, -0.2) is 36.1 Å². The molecule has 0 spiro atoms. The van der Waals surface area contributed by atoms with Gasteiger partial charge in [-0.1, -0.05) is 25.5 Å². The van der Waals surface area contributed by atoms with Crippen LogP contribution < -0.4 is 10.1 Å². The Morgan fingerprint density at radius 2 is 1.94 bits per heavy atom. The van der Waals surface area contributed by atoms with Crippen molar-refractivity contribution in [1.29, 1.82) is 0 Å². The van der Waals surface area contributed by atoms with Crippen molar-refractivity contribution in [2.24, 2.45) is 0 Å². The number of methoxy groups -OCH3 is 1. The van der Waals surface area contributed by atoms with Crippen LogP contribution in [0.2, 0.25) is 0 Å². The minimum absolute atomic E-state index is 0.0675. The molecule has 0 unspecified atom stereocenters. The summed E-state index contributed by atoms with van der Waals surface area (Å²) in [6.07, 6.45) is 1.11. The van der Waals surface area contributed by atoms with Gasteiger partial charge in [-0.3, -0.25) is 0 Å². The summed E-state index contributed by atoms with van der Waals surface area (Å²) < 4.78 is 5.10. The Hall–Kier alpha value is -1.10. The van der Waals surface area contributed by atoms with E-state index < -0.39 is 6.10 Å². The second-order valence-electron chi connectivity index (χ2n) is 4.37. The molecule has 0 amide bonds. The van der Waals surface area contributed by atoms with Gasteiger partial charge in [0.25, 0.3) is 0 Å². The Morgan fingerprint density at radius 1 is 1.28 bits per heavy atom. The lowest BCUT2D eigenvalue weighted by molar-refractivity contribution is 0.0592. The smallest absolute Gasteiger partial charge is 0.118 e. The molecule has 0 fully saturated rings. The number of hydrogen-bond acceptors (Lipinski definition) is 4. The summed E-state index contributed by atoms with van der Waals surface area (Å²) in [7, 11) is 1.64. The summed E-state index contributed by atoms with van der Waals surface area (Å²) in [6, 6.07) is 7.73. The zero-order valence-electron chi connectivity index (χ0n) is 11.1. The summed E-state index contributed by atoms with van der Waals surface area (Å²) in [5, 5.41) is 21.9. The van der Waals surface area contributed by atoms with E-state index in [0.717, 1.165) is 24.2 Å². The summed E-state index contributed by atoms with van der Waals surface area (Å²) in [4.78, 5) is 0. The van der Waals surface area contributed by atoms with Crippen LogP contribution in [0, 0.1) is 0 Å². The van der Waals surface area contributed by atoms with Gasteiger partial charge in [0.2, 0.25) is 0 Å². The largest absolute Gasteiger partial charge is 0.497 e. The maximum atomic E-state index is 9.68. The van der Waals surface area contributed by atoms with Gasteiger partial charge in [0.1, 0.15) is 5.75 Å². The molecular formula is C14H23NO3. The average molecular weight is 253 g/mol. The van der Waals surface area contributed by atoms with Crippen molar-refractivity contribution in [1.82, 2.24) is 5.32 Å². The van der Waals surface area contributed by atoms with Crippen LogP contribution in [0.1, 0.15) is 25.3 Å². The predicted molar refractivity (Wildman–Crippen MR) is 71.6 cm³/mol. The third-order valence-corrected chi connectivity index (χ3v) is 2.98. The lowest BCUT2D eigenvalue weighted by Crippen LogP contribution is -2.41. The van der Waals surface area contributed by atoms with Crippen molar-refractivity contribution in [3.8, 4) is 5.75 Å². The van der Waals surface area contributed by atoms with E-state index in [1.165, 1.54) is 0 Å². The Bertz CT molecular complexity index is 326. The van der Waals surface area contributed by atoms with E-state index in [2.05, 4.69) is 12.2 Å². The maximum Gasteiger partial charge on any atom is 0.118 e. The lowest BCUT2D eigenvalue weighted by atomic mass is 10.1. The molecular weight excluding hydrogens is 230 g/mol. The zero-order chi connectivity index (χ0) is 13.4. The van der Waals surface area contributed by atoms with Crippen LogP contribution in [0.15, 0.2) is 24.3 Å². The van der Waals surface area contributed by atoms with Crippen LogP contribution in [0.5, 0.6) is 5.75 Å². The molecule has 4 heteroatoms. The molecule has 0 bridgehead atoms. The number of benzene rings is 1. The Morgan fingerprint density at radius 3 is 2.44 bits per heavy atom. The van der Waals surface area contributed by atoms with E-state index in [4.69, 9.17) is 9.84 Å². The summed E-state index contributed by atoms with van der Waals surface area (Å²) >= 11 is 0. The molecule has 0 saturated carbocycles. The van der Waals surface area contributed by atoms with Crippen molar-refractivity contribution in [2.75, 3.05) is 13.7 Å². The van der Waals surface area contributed by atoms with Gasteiger partial charge in [-0.05, 0) is 24.1 Å². The Labute approximate surface area is 109 Å². The number of rotatable bonds is 8.